The largest absolute Gasteiger partial charge is 0.312 e. The first-order valence-corrected chi connectivity index (χ1v) is 10.5. The van der Waals surface area contributed by atoms with E-state index in [2.05, 4.69) is 48.5 Å². The fourth-order valence-electron chi connectivity index (χ4n) is 3.05. The molecule has 0 N–H and O–H groups in total. The first-order chi connectivity index (χ1) is 13.4. The highest BCUT2D eigenvalue weighted by Gasteiger charge is 2.28. The van der Waals surface area contributed by atoms with Crippen molar-refractivity contribution in [2.45, 2.75) is 40.5 Å². The van der Waals surface area contributed by atoms with Gasteiger partial charge < -0.3 is 9.80 Å². The molecule has 0 bridgehead atoms. The Hall–Kier alpha value is -1.90. The summed E-state index contributed by atoms with van der Waals surface area (Å²) in [6, 6.07) is 17.6. The molecule has 0 heterocycles. The van der Waals surface area contributed by atoms with Gasteiger partial charge in [0.15, 0.2) is 0 Å². The summed E-state index contributed by atoms with van der Waals surface area (Å²) in [5.41, 5.74) is 9.10. The van der Waals surface area contributed by atoms with Crippen molar-refractivity contribution in [1.82, 2.24) is 9.80 Å². The van der Waals surface area contributed by atoms with E-state index in [0.717, 1.165) is 12.8 Å². The molecule has 0 amide bonds. The molecule has 0 saturated heterocycles. The normalized spacial score (nSPS) is 12.1. The van der Waals surface area contributed by atoms with Crippen LogP contribution in [0.4, 0.5) is 0 Å². The number of fused-ring (bicyclic) bond motifs is 4. The maximum atomic E-state index is 2.27. The lowest BCUT2D eigenvalue weighted by Gasteiger charge is -2.05. The Morgan fingerprint density at radius 3 is 1.04 bits per heavy atom. The summed E-state index contributed by atoms with van der Waals surface area (Å²) in [5, 5.41) is 0. The molecule has 0 spiro atoms. The molecule has 2 aliphatic carbocycles. The van der Waals surface area contributed by atoms with Gasteiger partial charge in [-0.05, 0) is 88.5 Å². The zero-order chi connectivity index (χ0) is 21.7. The van der Waals surface area contributed by atoms with Gasteiger partial charge in [0.2, 0.25) is 0 Å². The van der Waals surface area contributed by atoms with Crippen molar-refractivity contribution >= 4 is 11.1 Å². The third-order valence-electron chi connectivity index (χ3n) is 3.78. The topological polar surface area (TPSA) is 6.48 Å². The van der Waals surface area contributed by atoms with Gasteiger partial charge in [-0.2, -0.15) is 0 Å². The molecular formula is C26H42N2. The quantitative estimate of drug-likeness (QED) is 0.542. The number of rotatable bonds is 0. The fraction of sp³-hybridized carbons (Fsp3) is 0.462. The molecule has 0 unspecified atom stereocenters. The van der Waals surface area contributed by atoms with Crippen molar-refractivity contribution in [1.29, 1.82) is 0 Å². The van der Waals surface area contributed by atoms with Gasteiger partial charge in [-0.25, -0.2) is 0 Å². The van der Waals surface area contributed by atoms with Gasteiger partial charge in [0.05, 0.1) is 0 Å². The van der Waals surface area contributed by atoms with Crippen LogP contribution < -0.4 is 0 Å². The monoisotopic (exact) mass is 382 g/mol. The van der Waals surface area contributed by atoms with Gasteiger partial charge in [0.1, 0.15) is 0 Å². The van der Waals surface area contributed by atoms with Gasteiger partial charge >= 0.3 is 0 Å². The Bertz CT molecular complexity index is 645. The summed E-state index contributed by atoms with van der Waals surface area (Å²) in [7, 11) is 12.0. The Balaban J connectivity index is 0.000000516. The molecule has 2 aromatic carbocycles. The summed E-state index contributed by atoms with van der Waals surface area (Å²) >= 11 is 0. The van der Waals surface area contributed by atoms with Crippen LogP contribution in [-0.2, 0) is 12.8 Å². The van der Waals surface area contributed by atoms with Crippen LogP contribution in [0.1, 0.15) is 49.9 Å². The number of benzene rings is 2. The van der Waals surface area contributed by atoms with Crippen LogP contribution in [0.2, 0.25) is 0 Å². The number of nitrogens with zero attached hydrogens (tertiary/aromatic N) is 2. The van der Waals surface area contributed by atoms with Gasteiger partial charge in [-0.3, -0.25) is 0 Å². The first-order valence-electron chi connectivity index (χ1n) is 10.5. The summed E-state index contributed by atoms with van der Waals surface area (Å²) in [5.74, 6) is 0. The second-order valence-electron chi connectivity index (χ2n) is 7.31. The van der Waals surface area contributed by atoms with Crippen LogP contribution in [0.25, 0.3) is 11.1 Å². The molecule has 0 aliphatic heterocycles. The van der Waals surface area contributed by atoms with Crippen molar-refractivity contribution in [3.05, 3.63) is 70.8 Å². The van der Waals surface area contributed by atoms with Gasteiger partial charge in [0.25, 0.3) is 0 Å². The summed E-state index contributed by atoms with van der Waals surface area (Å²) in [6.45, 7) is 8.00. The molecule has 2 aromatic rings. The second-order valence-corrected chi connectivity index (χ2v) is 7.31. The van der Waals surface area contributed by atoms with Crippen LogP contribution in [0.3, 0.4) is 0 Å². The lowest BCUT2D eigenvalue weighted by atomic mass is 9.99. The van der Waals surface area contributed by atoms with Crippen molar-refractivity contribution < 1.29 is 0 Å². The lowest BCUT2D eigenvalue weighted by Crippen LogP contribution is -1.99. The molecule has 2 heteroatoms. The number of allylic oxidation sites excluding steroid dienone is 2. The zero-order valence-corrected chi connectivity index (χ0v) is 19.9. The minimum Gasteiger partial charge on any atom is -0.312 e. The van der Waals surface area contributed by atoms with Crippen molar-refractivity contribution in [2.75, 3.05) is 42.3 Å². The van der Waals surface area contributed by atoms with E-state index in [1.165, 1.54) is 22.3 Å². The average Bonchev–Trinajstić information content (AvgIpc) is 3.20. The van der Waals surface area contributed by atoms with E-state index in [1.54, 1.807) is 11.1 Å². The molecule has 0 radical (unpaired) electrons. The molecule has 2 aliphatic rings. The maximum absolute atomic E-state index is 2.27. The van der Waals surface area contributed by atoms with Crippen LogP contribution >= 0.6 is 0 Å². The average molecular weight is 383 g/mol. The molecule has 4 rings (SSSR count). The standard InChI is InChI=1S/C16H12.2C3H9N.2C2H6/c1-3-7-13-11(5-1)9-15-14-8-4-2-6-12(14)10-16(13)15;2*1-4(2)3;2*1-2/h1-8H,9-10H2;2*1-3H3;2*1-2H3. The summed E-state index contributed by atoms with van der Waals surface area (Å²) in [4.78, 5) is 4.00. The van der Waals surface area contributed by atoms with E-state index in [9.17, 15) is 0 Å². The van der Waals surface area contributed by atoms with E-state index >= 15 is 0 Å². The third-order valence-corrected chi connectivity index (χ3v) is 3.78. The molecule has 0 saturated carbocycles. The molecule has 156 valence electrons. The van der Waals surface area contributed by atoms with E-state index in [4.69, 9.17) is 0 Å². The number of hydrogen-bond acceptors (Lipinski definition) is 2. The van der Waals surface area contributed by atoms with Crippen LogP contribution in [0.15, 0.2) is 48.5 Å². The molecule has 28 heavy (non-hydrogen) atoms. The van der Waals surface area contributed by atoms with Crippen LogP contribution in [-0.4, -0.2) is 52.1 Å². The van der Waals surface area contributed by atoms with Gasteiger partial charge in [0, 0.05) is 0 Å². The van der Waals surface area contributed by atoms with Gasteiger partial charge in [-0.15, -0.1) is 0 Å². The van der Waals surface area contributed by atoms with Crippen molar-refractivity contribution in [2.24, 2.45) is 0 Å². The zero-order valence-electron chi connectivity index (χ0n) is 19.9. The predicted octanol–water partition coefficient (Wildman–Crippen LogP) is 6.12. The van der Waals surface area contributed by atoms with Crippen LogP contribution in [0, 0.1) is 0 Å². The van der Waals surface area contributed by atoms with Gasteiger partial charge in [-0.1, -0.05) is 76.2 Å². The van der Waals surface area contributed by atoms with Crippen LogP contribution in [0.5, 0.6) is 0 Å². The highest BCUT2D eigenvalue weighted by molar-refractivity contribution is 6.02. The van der Waals surface area contributed by atoms with Crippen molar-refractivity contribution in [3.8, 4) is 0 Å². The third kappa shape index (κ3) is 8.00. The highest BCUT2D eigenvalue weighted by atomic mass is 15.0. The second kappa shape index (κ2) is 14.1. The Kier molecular flexibility index (Phi) is 13.2. The molecular weight excluding hydrogens is 340 g/mol. The van der Waals surface area contributed by atoms with E-state index < -0.39 is 0 Å². The van der Waals surface area contributed by atoms with E-state index in [-0.39, 0.29) is 0 Å². The van der Waals surface area contributed by atoms with Crippen molar-refractivity contribution in [3.63, 3.8) is 0 Å². The molecule has 2 nitrogen and oxygen atoms in total. The summed E-state index contributed by atoms with van der Waals surface area (Å²) < 4.78 is 0. The Labute approximate surface area is 174 Å². The van der Waals surface area contributed by atoms with E-state index in [1.807, 2.05) is 79.8 Å². The molecule has 0 atom stereocenters. The SMILES string of the molecule is CC.CC.CN(C)C.CN(C)C.c1ccc2c(c1)CC1=C2Cc2ccccc21. The predicted molar refractivity (Wildman–Crippen MR) is 129 cm³/mol. The molecule has 0 fully saturated rings. The van der Waals surface area contributed by atoms with E-state index in [0.29, 0.717) is 0 Å². The summed E-state index contributed by atoms with van der Waals surface area (Å²) in [6.07, 6.45) is 2.26. The Morgan fingerprint density at radius 2 is 0.750 bits per heavy atom. The lowest BCUT2D eigenvalue weighted by molar-refractivity contribution is 0.505. The Morgan fingerprint density at radius 1 is 0.500 bits per heavy atom. The highest BCUT2D eigenvalue weighted by Crippen LogP contribution is 2.45. The smallest absolute Gasteiger partial charge is 0.00106 e. The molecule has 0 aromatic heterocycles. The first kappa shape index (κ1) is 26.1. The minimum atomic E-state index is 1.13. The minimum absolute atomic E-state index is 1.13. The maximum Gasteiger partial charge on any atom is -0.00106 e. The number of hydrogen-bond donors (Lipinski definition) is 0. The fourth-order valence-corrected chi connectivity index (χ4v) is 3.05.